The first kappa shape index (κ1) is 6.54. The molecule has 10 heavy (non-hydrogen) atoms. The number of H-pyrrole nitrogens is 1. The molecule has 0 saturated heterocycles. The lowest BCUT2D eigenvalue weighted by Gasteiger charge is -1.77. The molecular formula is C6H6N2O2. The van der Waals surface area contributed by atoms with Gasteiger partial charge in [0.05, 0.1) is 4.92 Å². The van der Waals surface area contributed by atoms with Crippen LogP contribution in [-0.4, -0.2) is 9.91 Å². The molecule has 0 amide bonds. The normalized spacial score (nSPS) is 10.4. The van der Waals surface area contributed by atoms with Crippen molar-refractivity contribution >= 4 is 6.08 Å². The Bertz CT molecular complexity index is 238. The van der Waals surface area contributed by atoms with Crippen LogP contribution in [0.3, 0.4) is 0 Å². The van der Waals surface area contributed by atoms with Crippen LogP contribution in [-0.2, 0) is 0 Å². The van der Waals surface area contributed by atoms with Gasteiger partial charge in [0.2, 0.25) is 6.20 Å². The van der Waals surface area contributed by atoms with Gasteiger partial charge in [-0.15, -0.1) is 0 Å². The van der Waals surface area contributed by atoms with Crippen LogP contribution in [0.2, 0.25) is 0 Å². The van der Waals surface area contributed by atoms with Crippen molar-refractivity contribution in [3.63, 3.8) is 0 Å². The predicted molar refractivity (Wildman–Crippen MR) is 36.8 cm³/mol. The Balaban J connectivity index is 2.64. The van der Waals surface area contributed by atoms with Gasteiger partial charge in [0.15, 0.2) is 0 Å². The van der Waals surface area contributed by atoms with Gasteiger partial charge in [-0.1, -0.05) is 0 Å². The van der Waals surface area contributed by atoms with Crippen molar-refractivity contribution in [1.82, 2.24) is 4.98 Å². The van der Waals surface area contributed by atoms with Crippen molar-refractivity contribution in [3.05, 3.63) is 40.3 Å². The third kappa shape index (κ3) is 1.74. The molecule has 0 aliphatic rings. The summed E-state index contributed by atoms with van der Waals surface area (Å²) >= 11 is 0. The van der Waals surface area contributed by atoms with E-state index in [2.05, 4.69) is 4.98 Å². The lowest BCUT2D eigenvalue weighted by atomic mass is 10.3. The summed E-state index contributed by atoms with van der Waals surface area (Å²) < 4.78 is 0. The van der Waals surface area contributed by atoms with Gasteiger partial charge in [-0.2, -0.15) is 0 Å². The maximum Gasteiger partial charge on any atom is 0.235 e. The fraction of sp³-hybridized carbons (Fsp3) is 0. The van der Waals surface area contributed by atoms with Crippen LogP contribution in [0, 0.1) is 10.1 Å². The standard InChI is InChI=1S/C6H6N2O2/c9-8(10)4-2-6-1-3-7-5-6/h1-5,7H/b4-2+. The molecule has 1 rings (SSSR count). The van der Waals surface area contributed by atoms with Crippen molar-refractivity contribution in [2.45, 2.75) is 0 Å². The van der Waals surface area contributed by atoms with Crippen molar-refractivity contribution in [1.29, 1.82) is 0 Å². The second-order valence-corrected chi connectivity index (χ2v) is 1.75. The van der Waals surface area contributed by atoms with E-state index in [0.29, 0.717) is 0 Å². The highest BCUT2D eigenvalue weighted by molar-refractivity contribution is 5.45. The molecule has 0 saturated carbocycles. The van der Waals surface area contributed by atoms with E-state index < -0.39 is 4.92 Å². The molecule has 0 spiro atoms. The molecule has 1 N–H and O–H groups in total. The lowest BCUT2D eigenvalue weighted by molar-refractivity contribution is -0.400. The topological polar surface area (TPSA) is 58.9 Å². The molecule has 1 heterocycles. The second kappa shape index (κ2) is 2.82. The molecule has 0 fully saturated rings. The smallest absolute Gasteiger partial charge is 0.235 e. The Morgan fingerprint density at radius 1 is 1.70 bits per heavy atom. The minimum Gasteiger partial charge on any atom is -0.367 e. The van der Waals surface area contributed by atoms with Gasteiger partial charge in [0.1, 0.15) is 0 Å². The summed E-state index contributed by atoms with van der Waals surface area (Å²) in [6, 6.07) is 1.75. The molecule has 0 atom stereocenters. The van der Waals surface area contributed by atoms with Crippen LogP contribution in [0.4, 0.5) is 0 Å². The zero-order valence-corrected chi connectivity index (χ0v) is 5.15. The molecule has 0 radical (unpaired) electrons. The molecule has 0 unspecified atom stereocenters. The summed E-state index contributed by atoms with van der Waals surface area (Å²) in [6.45, 7) is 0. The van der Waals surface area contributed by atoms with Gasteiger partial charge in [0.25, 0.3) is 0 Å². The minimum atomic E-state index is -0.493. The summed E-state index contributed by atoms with van der Waals surface area (Å²) in [4.78, 5) is 12.1. The fourth-order valence-corrected chi connectivity index (χ4v) is 0.587. The summed E-state index contributed by atoms with van der Waals surface area (Å²) in [5, 5.41) is 9.80. The molecule has 4 heteroatoms. The number of rotatable bonds is 2. The molecule has 0 aliphatic carbocycles. The van der Waals surface area contributed by atoms with E-state index in [9.17, 15) is 10.1 Å². The van der Waals surface area contributed by atoms with E-state index in [0.717, 1.165) is 11.8 Å². The van der Waals surface area contributed by atoms with Crippen LogP contribution in [0.1, 0.15) is 5.56 Å². The van der Waals surface area contributed by atoms with Crippen LogP contribution in [0.15, 0.2) is 24.7 Å². The predicted octanol–water partition coefficient (Wildman–Crippen LogP) is 1.26. The number of aromatic nitrogens is 1. The first-order valence-corrected chi connectivity index (χ1v) is 2.73. The average Bonchev–Trinajstić information content (AvgIpc) is 2.34. The number of aromatic amines is 1. The fourth-order valence-electron chi connectivity index (χ4n) is 0.587. The quantitative estimate of drug-likeness (QED) is 0.494. The van der Waals surface area contributed by atoms with Crippen molar-refractivity contribution in [3.8, 4) is 0 Å². The third-order valence-electron chi connectivity index (χ3n) is 1.01. The number of hydrogen-bond donors (Lipinski definition) is 1. The van der Waals surface area contributed by atoms with E-state index in [-0.39, 0.29) is 0 Å². The minimum absolute atomic E-state index is 0.493. The van der Waals surface area contributed by atoms with Crippen LogP contribution in [0.5, 0.6) is 0 Å². The first-order valence-electron chi connectivity index (χ1n) is 2.73. The molecule has 1 aromatic rings. The average molecular weight is 138 g/mol. The highest BCUT2D eigenvalue weighted by atomic mass is 16.6. The number of nitrogens with zero attached hydrogens (tertiary/aromatic N) is 1. The molecular weight excluding hydrogens is 132 g/mol. The Morgan fingerprint density at radius 2 is 2.50 bits per heavy atom. The molecule has 4 nitrogen and oxygen atoms in total. The monoisotopic (exact) mass is 138 g/mol. The summed E-state index contributed by atoms with van der Waals surface area (Å²) in [5.41, 5.74) is 0.803. The Labute approximate surface area is 57.3 Å². The maximum atomic E-state index is 9.80. The van der Waals surface area contributed by atoms with Gasteiger partial charge >= 0.3 is 0 Å². The van der Waals surface area contributed by atoms with Crippen LogP contribution in [0.25, 0.3) is 6.08 Å². The van der Waals surface area contributed by atoms with Crippen molar-refractivity contribution in [2.75, 3.05) is 0 Å². The van der Waals surface area contributed by atoms with Gasteiger partial charge in [-0.05, 0) is 11.6 Å². The van der Waals surface area contributed by atoms with Gasteiger partial charge in [-0.3, -0.25) is 10.1 Å². The second-order valence-electron chi connectivity index (χ2n) is 1.75. The summed E-state index contributed by atoms with van der Waals surface area (Å²) in [6.07, 6.45) is 5.72. The Hall–Kier alpha value is -1.58. The summed E-state index contributed by atoms with van der Waals surface area (Å²) in [5.74, 6) is 0. The van der Waals surface area contributed by atoms with E-state index in [4.69, 9.17) is 0 Å². The van der Waals surface area contributed by atoms with E-state index in [1.165, 1.54) is 6.08 Å². The zero-order chi connectivity index (χ0) is 7.40. The lowest BCUT2D eigenvalue weighted by Crippen LogP contribution is -1.80. The van der Waals surface area contributed by atoms with Gasteiger partial charge in [-0.25, -0.2) is 0 Å². The maximum absolute atomic E-state index is 9.80. The molecule has 52 valence electrons. The molecule has 1 aromatic heterocycles. The van der Waals surface area contributed by atoms with E-state index in [1.54, 1.807) is 18.5 Å². The molecule has 0 aliphatic heterocycles. The highest BCUT2D eigenvalue weighted by Crippen LogP contribution is 1.98. The van der Waals surface area contributed by atoms with Crippen molar-refractivity contribution < 1.29 is 4.92 Å². The van der Waals surface area contributed by atoms with Gasteiger partial charge < -0.3 is 4.98 Å². The van der Waals surface area contributed by atoms with E-state index >= 15 is 0 Å². The first-order chi connectivity index (χ1) is 4.79. The largest absolute Gasteiger partial charge is 0.367 e. The van der Waals surface area contributed by atoms with Crippen LogP contribution < -0.4 is 0 Å². The highest BCUT2D eigenvalue weighted by Gasteiger charge is 1.87. The van der Waals surface area contributed by atoms with E-state index in [1.807, 2.05) is 0 Å². The zero-order valence-electron chi connectivity index (χ0n) is 5.15. The third-order valence-corrected chi connectivity index (χ3v) is 1.01. The van der Waals surface area contributed by atoms with Gasteiger partial charge in [0, 0.05) is 18.5 Å². The molecule has 0 aromatic carbocycles. The van der Waals surface area contributed by atoms with Crippen LogP contribution >= 0.6 is 0 Å². The van der Waals surface area contributed by atoms with Crippen molar-refractivity contribution in [2.24, 2.45) is 0 Å². The summed E-state index contributed by atoms with van der Waals surface area (Å²) in [7, 11) is 0. The number of nitrogens with one attached hydrogen (secondary N) is 1. The SMILES string of the molecule is O=[N+]([O-])/C=C/c1cc[nH]c1. The molecule has 0 bridgehead atoms. The Kier molecular flexibility index (Phi) is 1.84. The number of nitro groups is 1. The Morgan fingerprint density at radius 3 is 3.00 bits per heavy atom. The number of hydrogen-bond acceptors (Lipinski definition) is 2.